The lowest BCUT2D eigenvalue weighted by atomic mass is 9.81. The van der Waals surface area contributed by atoms with Gasteiger partial charge < -0.3 is 9.64 Å². The first-order valence-electron chi connectivity index (χ1n) is 9.32. The van der Waals surface area contributed by atoms with E-state index in [0.717, 1.165) is 33.3 Å². The molecule has 0 bridgehead atoms. The number of amides is 1. The Morgan fingerprint density at radius 1 is 1.14 bits per heavy atom. The molecule has 0 fully saturated rings. The van der Waals surface area contributed by atoms with Gasteiger partial charge in [-0.05, 0) is 40.1 Å². The molecule has 0 N–H and O–H groups in total. The zero-order valence-corrected chi connectivity index (χ0v) is 15.6. The first kappa shape index (κ1) is 17.9. The molecular weight excluding hydrogens is 346 g/mol. The maximum atomic E-state index is 12.9. The van der Waals surface area contributed by atoms with E-state index in [1.165, 1.54) is 0 Å². The summed E-state index contributed by atoms with van der Waals surface area (Å²) < 4.78 is 5.59. The first-order valence-corrected chi connectivity index (χ1v) is 9.32. The van der Waals surface area contributed by atoms with Crippen LogP contribution in [0.4, 0.5) is 5.69 Å². The largest absolute Gasteiger partial charge is 0.490 e. The second-order valence-electron chi connectivity index (χ2n) is 6.83. The highest BCUT2D eigenvalue weighted by Gasteiger charge is 2.33. The van der Waals surface area contributed by atoms with Crippen LogP contribution in [0.5, 0.6) is 5.75 Å². The van der Waals surface area contributed by atoms with Crippen LogP contribution in [-0.2, 0) is 4.79 Å². The molecule has 3 aromatic rings. The number of carbonyl (C=O) groups excluding carboxylic acids is 1. The molecule has 1 heterocycles. The van der Waals surface area contributed by atoms with Gasteiger partial charge in [0.15, 0.2) is 0 Å². The van der Waals surface area contributed by atoms with Gasteiger partial charge in [-0.1, -0.05) is 61.0 Å². The lowest BCUT2D eigenvalue weighted by Gasteiger charge is -2.34. The fourth-order valence-corrected chi connectivity index (χ4v) is 3.91. The second kappa shape index (κ2) is 7.62. The molecule has 0 radical (unpaired) electrons. The van der Waals surface area contributed by atoms with Crippen LogP contribution in [0, 0.1) is 12.3 Å². The van der Waals surface area contributed by atoms with Gasteiger partial charge in [-0.3, -0.25) is 4.79 Å². The molecule has 1 aliphatic rings. The minimum Gasteiger partial charge on any atom is -0.490 e. The molecule has 1 aliphatic heterocycles. The van der Waals surface area contributed by atoms with Crippen molar-refractivity contribution in [2.24, 2.45) is 0 Å². The molecule has 0 saturated carbocycles. The lowest BCUT2D eigenvalue weighted by Crippen LogP contribution is -2.37. The third-order valence-corrected chi connectivity index (χ3v) is 5.17. The number of anilines is 1. The fourth-order valence-electron chi connectivity index (χ4n) is 3.91. The Bertz CT molecular complexity index is 1080. The van der Waals surface area contributed by atoms with Gasteiger partial charge in [-0.2, -0.15) is 0 Å². The Labute approximate surface area is 165 Å². The third-order valence-electron chi connectivity index (χ3n) is 5.17. The Morgan fingerprint density at radius 3 is 2.68 bits per heavy atom. The highest BCUT2D eigenvalue weighted by molar-refractivity contribution is 6.03. The predicted octanol–water partition coefficient (Wildman–Crippen LogP) is 4.91. The van der Waals surface area contributed by atoms with Crippen LogP contribution in [-0.4, -0.2) is 19.1 Å². The topological polar surface area (TPSA) is 29.5 Å². The Balaban J connectivity index is 1.84. The minimum absolute atomic E-state index is 0.0175. The van der Waals surface area contributed by atoms with Gasteiger partial charge in [0.05, 0.1) is 6.54 Å². The SMILES string of the molecule is C#CCN1C(=O)CC(c2ccc(OCC=C)cc2)c2c1ccc1ccccc21. The van der Waals surface area contributed by atoms with Crippen LogP contribution in [0.3, 0.4) is 0 Å². The maximum Gasteiger partial charge on any atom is 0.228 e. The van der Waals surface area contributed by atoms with E-state index in [9.17, 15) is 4.79 Å². The van der Waals surface area contributed by atoms with Crippen LogP contribution < -0.4 is 9.64 Å². The van der Waals surface area contributed by atoms with Crippen LogP contribution >= 0.6 is 0 Å². The molecule has 1 amide bonds. The molecule has 28 heavy (non-hydrogen) atoms. The Kier molecular flexibility index (Phi) is 4.87. The number of nitrogens with zero attached hydrogens (tertiary/aromatic N) is 1. The summed E-state index contributed by atoms with van der Waals surface area (Å²) in [5.74, 6) is 3.44. The summed E-state index contributed by atoms with van der Waals surface area (Å²) in [5.41, 5.74) is 3.16. The van der Waals surface area contributed by atoms with Crippen molar-refractivity contribution in [1.82, 2.24) is 0 Å². The molecule has 3 aromatic carbocycles. The summed E-state index contributed by atoms with van der Waals surface area (Å²) in [7, 11) is 0. The molecule has 0 saturated heterocycles. The normalized spacial score (nSPS) is 15.8. The van der Waals surface area contributed by atoms with Crippen LogP contribution in [0.1, 0.15) is 23.5 Å². The van der Waals surface area contributed by atoms with Crippen LogP contribution in [0.15, 0.2) is 73.3 Å². The minimum atomic E-state index is -0.0175. The molecule has 4 rings (SSSR count). The van der Waals surface area contributed by atoms with Gasteiger partial charge in [0.1, 0.15) is 12.4 Å². The van der Waals surface area contributed by atoms with Crippen LogP contribution in [0.25, 0.3) is 10.8 Å². The second-order valence-corrected chi connectivity index (χ2v) is 6.83. The Hall–Kier alpha value is -3.51. The summed E-state index contributed by atoms with van der Waals surface area (Å²) >= 11 is 0. The quantitative estimate of drug-likeness (QED) is 0.474. The van der Waals surface area contributed by atoms with Crippen molar-refractivity contribution in [3.63, 3.8) is 0 Å². The van der Waals surface area contributed by atoms with Crippen molar-refractivity contribution in [2.75, 3.05) is 18.1 Å². The molecule has 138 valence electrons. The van der Waals surface area contributed by atoms with Gasteiger partial charge in [0.2, 0.25) is 5.91 Å². The van der Waals surface area contributed by atoms with Gasteiger partial charge >= 0.3 is 0 Å². The van der Waals surface area contributed by atoms with Crippen molar-refractivity contribution < 1.29 is 9.53 Å². The predicted molar refractivity (Wildman–Crippen MR) is 114 cm³/mol. The summed E-state index contributed by atoms with van der Waals surface area (Å²) in [6.45, 7) is 4.42. The number of terminal acetylenes is 1. The summed E-state index contributed by atoms with van der Waals surface area (Å²) in [6.07, 6.45) is 7.65. The fraction of sp³-hybridized carbons (Fsp3) is 0.160. The van der Waals surface area contributed by atoms with Crippen molar-refractivity contribution >= 4 is 22.4 Å². The number of fused-ring (bicyclic) bond motifs is 3. The van der Waals surface area contributed by atoms with Gasteiger partial charge in [0.25, 0.3) is 0 Å². The van der Waals surface area contributed by atoms with E-state index in [1.54, 1.807) is 11.0 Å². The lowest BCUT2D eigenvalue weighted by molar-refractivity contribution is -0.119. The zero-order valence-electron chi connectivity index (χ0n) is 15.6. The van der Waals surface area contributed by atoms with Crippen molar-refractivity contribution in [3.05, 3.63) is 84.4 Å². The smallest absolute Gasteiger partial charge is 0.228 e. The average Bonchev–Trinajstić information content (AvgIpc) is 2.74. The van der Waals surface area contributed by atoms with Crippen molar-refractivity contribution in [2.45, 2.75) is 12.3 Å². The number of rotatable bonds is 5. The molecule has 1 unspecified atom stereocenters. The van der Waals surface area contributed by atoms with E-state index in [1.807, 2.05) is 42.5 Å². The number of carbonyl (C=O) groups is 1. The third kappa shape index (κ3) is 3.14. The molecule has 3 heteroatoms. The van der Waals surface area contributed by atoms with Crippen molar-refractivity contribution in [3.8, 4) is 18.1 Å². The highest BCUT2D eigenvalue weighted by atomic mass is 16.5. The van der Waals surface area contributed by atoms with Crippen LogP contribution in [0.2, 0.25) is 0 Å². The molecule has 3 nitrogen and oxygen atoms in total. The monoisotopic (exact) mass is 367 g/mol. The van der Waals surface area contributed by atoms with E-state index in [-0.39, 0.29) is 18.4 Å². The van der Waals surface area contributed by atoms with Gasteiger partial charge in [0, 0.05) is 18.0 Å². The number of ether oxygens (including phenoxy) is 1. The molecule has 0 spiro atoms. The van der Waals surface area contributed by atoms with E-state index in [0.29, 0.717) is 13.0 Å². The maximum absolute atomic E-state index is 12.9. The highest BCUT2D eigenvalue weighted by Crippen LogP contribution is 2.44. The molecule has 1 atom stereocenters. The summed E-state index contributed by atoms with van der Waals surface area (Å²) in [5, 5.41) is 2.32. The molecule has 0 aliphatic carbocycles. The number of hydrogen-bond acceptors (Lipinski definition) is 2. The van der Waals surface area contributed by atoms with E-state index in [4.69, 9.17) is 11.2 Å². The van der Waals surface area contributed by atoms with Crippen molar-refractivity contribution in [1.29, 1.82) is 0 Å². The average molecular weight is 367 g/mol. The van der Waals surface area contributed by atoms with E-state index < -0.39 is 0 Å². The number of benzene rings is 3. The van der Waals surface area contributed by atoms with Gasteiger partial charge in [-0.15, -0.1) is 6.42 Å². The van der Waals surface area contributed by atoms with E-state index >= 15 is 0 Å². The van der Waals surface area contributed by atoms with E-state index in [2.05, 4.69) is 30.7 Å². The van der Waals surface area contributed by atoms with Gasteiger partial charge in [-0.25, -0.2) is 0 Å². The molecular formula is C25H21NO2. The zero-order chi connectivity index (χ0) is 19.5. The standard InChI is InChI=1S/C25H21NO2/c1-3-15-26-23-14-11-18-7-5-6-8-21(18)25(23)22(17-24(26)27)19-9-12-20(13-10-19)28-16-4-2/h1,4-14,22H,2,15-17H2. The molecule has 0 aromatic heterocycles. The summed E-state index contributed by atoms with van der Waals surface area (Å²) in [4.78, 5) is 14.6. The summed E-state index contributed by atoms with van der Waals surface area (Å²) in [6, 6.07) is 20.3. The first-order chi connectivity index (χ1) is 13.7. The Morgan fingerprint density at radius 2 is 1.93 bits per heavy atom. The number of hydrogen-bond donors (Lipinski definition) is 0.